The van der Waals surface area contributed by atoms with Crippen LogP contribution in [0.15, 0.2) is 42.6 Å². The Morgan fingerprint density at radius 1 is 1.12 bits per heavy atom. The molecule has 1 aliphatic rings. The number of para-hydroxylation sites is 1. The van der Waals surface area contributed by atoms with Gasteiger partial charge in [-0.15, -0.1) is 0 Å². The average Bonchev–Trinajstić information content (AvgIpc) is 2.83. The quantitative estimate of drug-likeness (QED) is 0.554. The molecule has 1 aromatic heterocycles. The number of hydrogen-bond donors (Lipinski definition) is 2. The van der Waals surface area contributed by atoms with Crippen LogP contribution in [0, 0.1) is 0 Å². The van der Waals surface area contributed by atoms with Gasteiger partial charge in [0.15, 0.2) is 5.82 Å². The molecule has 2 aromatic carbocycles. The summed E-state index contributed by atoms with van der Waals surface area (Å²) in [7, 11) is -3.34. The fourth-order valence-electron chi connectivity index (χ4n) is 4.13. The molecule has 0 bridgehead atoms. The van der Waals surface area contributed by atoms with Crippen LogP contribution in [-0.4, -0.2) is 71.7 Å². The molecule has 0 radical (unpaired) electrons. The van der Waals surface area contributed by atoms with Crippen molar-refractivity contribution in [1.29, 1.82) is 0 Å². The van der Waals surface area contributed by atoms with Crippen LogP contribution in [0.5, 0.6) is 5.75 Å². The Hall–Kier alpha value is -3.24. The molecule has 0 saturated carbocycles. The lowest BCUT2D eigenvalue weighted by Gasteiger charge is -2.37. The number of amides is 1. The van der Waals surface area contributed by atoms with E-state index in [9.17, 15) is 18.3 Å². The van der Waals surface area contributed by atoms with E-state index in [1.807, 2.05) is 11.8 Å². The monoisotopic (exact) mass is 483 g/mol. The fraction of sp³-hybridized carbons (Fsp3) is 0.375. The van der Waals surface area contributed by atoms with Gasteiger partial charge in [-0.2, -0.15) is 4.31 Å². The number of carbonyl (C=O) groups excluding carboxylic acids is 1. The van der Waals surface area contributed by atoms with Crippen molar-refractivity contribution in [3.05, 3.63) is 48.2 Å². The molecule has 4 rings (SSSR count). The van der Waals surface area contributed by atoms with E-state index in [0.717, 1.165) is 0 Å². The van der Waals surface area contributed by atoms with Crippen molar-refractivity contribution in [2.45, 2.75) is 26.0 Å². The zero-order valence-electron chi connectivity index (χ0n) is 19.5. The van der Waals surface area contributed by atoms with Crippen molar-refractivity contribution in [1.82, 2.24) is 19.6 Å². The number of anilines is 1. The van der Waals surface area contributed by atoms with E-state index in [1.165, 1.54) is 4.31 Å². The molecule has 2 heterocycles. The number of piperazine rings is 1. The molecule has 34 heavy (non-hydrogen) atoms. The predicted molar refractivity (Wildman–Crippen MR) is 132 cm³/mol. The van der Waals surface area contributed by atoms with Crippen molar-refractivity contribution >= 4 is 32.5 Å². The summed E-state index contributed by atoms with van der Waals surface area (Å²) in [6.45, 7) is 7.26. The number of phenols is 1. The summed E-state index contributed by atoms with van der Waals surface area (Å²) in [5, 5.41) is 13.3. The number of hydrogen-bond acceptors (Lipinski definition) is 7. The highest BCUT2D eigenvalue weighted by Crippen LogP contribution is 2.33. The maximum Gasteiger partial charge on any atom is 0.253 e. The van der Waals surface area contributed by atoms with Gasteiger partial charge in [-0.25, -0.2) is 18.4 Å². The maximum absolute atomic E-state index is 12.9. The van der Waals surface area contributed by atoms with Gasteiger partial charge in [-0.3, -0.25) is 4.79 Å². The van der Waals surface area contributed by atoms with Crippen molar-refractivity contribution in [3.63, 3.8) is 0 Å². The lowest BCUT2D eigenvalue weighted by Crippen LogP contribution is -2.50. The summed E-state index contributed by atoms with van der Waals surface area (Å²) in [5.41, 5.74) is 2.34. The van der Waals surface area contributed by atoms with E-state index in [2.05, 4.69) is 15.3 Å². The molecule has 180 valence electrons. The highest BCUT2D eigenvalue weighted by Gasteiger charge is 2.31. The van der Waals surface area contributed by atoms with Gasteiger partial charge in [-0.05, 0) is 45.0 Å². The van der Waals surface area contributed by atoms with Gasteiger partial charge < -0.3 is 15.3 Å². The van der Waals surface area contributed by atoms with E-state index in [4.69, 9.17) is 0 Å². The first-order valence-electron chi connectivity index (χ1n) is 11.3. The third-order valence-electron chi connectivity index (χ3n) is 5.97. The number of rotatable bonds is 6. The molecule has 3 aromatic rings. The van der Waals surface area contributed by atoms with Crippen LogP contribution in [0.1, 0.15) is 31.1 Å². The first-order chi connectivity index (χ1) is 16.2. The molecule has 0 unspecified atom stereocenters. The summed E-state index contributed by atoms with van der Waals surface area (Å²) in [6, 6.07) is 10.4. The molecule has 10 heteroatoms. The maximum atomic E-state index is 12.9. The molecule has 1 saturated heterocycles. The summed E-state index contributed by atoms with van der Waals surface area (Å²) in [6.07, 6.45) is 1.67. The molecule has 0 spiro atoms. The third-order valence-corrected chi connectivity index (χ3v) is 8.25. The van der Waals surface area contributed by atoms with Crippen molar-refractivity contribution in [3.8, 4) is 17.1 Å². The summed E-state index contributed by atoms with van der Waals surface area (Å²) in [4.78, 5) is 24.0. The number of nitrogens with one attached hydrogen (secondary N) is 1. The van der Waals surface area contributed by atoms with Gasteiger partial charge in [0.05, 0.1) is 27.6 Å². The summed E-state index contributed by atoms with van der Waals surface area (Å²) in [5.74, 6) is 0.264. The van der Waals surface area contributed by atoms with Crippen LogP contribution in [0.4, 0.5) is 5.69 Å². The van der Waals surface area contributed by atoms with E-state index in [0.29, 0.717) is 66.3 Å². The van der Waals surface area contributed by atoms with Gasteiger partial charge in [0.1, 0.15) is 5.75 Å². The zero-order valence-corrected chi connectivity index (χ0v) is 20.3. The Labute approximate surface area is 199 Å². The second kappa shape index (κ2) is 9.55. The van der Waals surface area contributed by atoms with Gasteiger partial charge in [0, 0.05) is 44.3 Å². The van der Waals surface area contributed by atoms with Crippen molar-refractivity contribution in [2.24, 2.45) is 0 Å². The molecule has 1 aliphatic heterocycles. The number of fused-ring (bicyclic) bond motifs is 1. The van der Waals surface area contributed by atoms with Crippen molar-refractivity contribution in [2.75, 3.05) is 37.6 Å². The third kappa shape index (κ3) is 4.43. The second-order valence-electron chi connectivity index (χ2n) is 8.44. The number of nitrogens with zero attached hydrogens (tertiary/aromatic N) is 4. The number of aromatic nitrogens is 2. The van der Waals surface area contributed by atoms with E-state index >= 15 is 0 Å². The molecular formula is C24H29N5O4S. The van der Waals surface area contributed by atoms with Gasteiger partial charge in [-0.1, -0.05) is 12.1 Å². The fourth-order valence-corrected chi connectivity index (χ4v) is 5.40. The lowest BCUT2D eigenvalue weighted by molar-refractivity contribution is 0.0956. The number of phenolic OH excluding ortho intramolecular Hbond substituents is 1. The number of carbonyl (C=O) groups is 1. The molecule has 0 atom stereocenters. The molecule has 2 N–H and O–H groups in total. The van der Waals surface area contributed by atoms with Crippen LogP contribution in [0.2, 0.25) is 0 Å². The predicted octanol–water partition coefficient (Wildman–Crippen LogP) is 2.61. The Balaban J connectivity index is 1.76. The molecule has 9 nitrogen and oxygen atoms in total. The average molecular weight is 484 g/mol. The topological polar surface area (TPSA) is 116 Å². The molecular weight excluding hydrogens is 454 g/mol. The SMILES string of the molecule is CCNC(=O)c1ccc2nc(-c3ccccc3O)ncc2c1N1CCN(S(=O)(=O)C(C)C)CC1. The van der Waals surface area contributed by atoms with Crippen LogP contribution in [0.3, 0.4) is 0 Å². The van der Waals surface area contributed by atoms with Crippen LogP contribution < -0.4 is 10.2 Å². The largest absolute Gasteiger partial charge is 0.507 e. The minimum Gasteiger partial charge on any atom is -0.507 e. The highest BCUT2D eigenvalue weighted by atomic mass is 32.2. The van der Waals surface area contributed by atoms with Gasteiger partial charge in [0.25, 0.3) is 5.91 Å². The Bertz CT molecular complexity index is 1320. The standard InChI is InChI=1S/C24H29N5O4S/c1-4-25-24(31)18-9-10-20-19(15-26-23(27-20)17-7-5-6-8-21(17)30)22(18)28-11-13-29(14-12-28)34(32,33)16(2)3/h5-10,15-16,30H,4,11-14H2,1-3H3,(H,25,31). The van der Waals surface area contributed by atoms with Gasteiger partial charge >= 0.3 is 0 Å². The summed E-state index contributed by atoms with van der Waals surface area (Å²) < 4.78 is 26.7. The zero-order chi connectivity index (χ0) is 24.5. The highest BCUT2D eigenvalue weighted by molar-refractivity contribution is 7.89. The number of aromatic hydroxyl groups is 1. The molecule has 0 aliphatic carbocycles. The van der Waals surface area contributed by atoms with Crippen molar-refractivity contribution < 1.29 is 18.3 Å². The Kier molecular flexibility index (Phi) is 6.72. The minimum absolute atomic E-state index is 0.0866. The van der Waals surface area contributed by atoms with Gasteiger partial charge in [0.2, 0.25) is 10.0 Å². The van der Waals surface area contributed by atoms with E-state index < -0.39 is 15.3 Å². The normalized spacial score (nSPS) is 15.1. The first kappa shape index (κ1) is 23.9. The van der Waals surface area contributed by atoms with Crippen LogP contribution in [-0.2, 0) is 10.0 Å². The van der Waals surface area contributed by atoms with Crippen LogP contribution >= 0.6 is 0 Å². The second-order valence-corrected chi connectivity index (χ2v) is 10.9. The Morgan fingerprint density at radius 3 is 2.47 bits per heavy atom. The molecule has 1 amide bonds. The number of sulfonamides is 1. The lowest BCUT2D eigenvalue weighted by atomic mass is 10.0. The van der Waals surface area contributed by atoms with E-state index in [-0.39, 0.29) is 11.7 Å². The van der Waals surface area contributed by atoms with Crippen LogP contribution in [0.25, 0.3) is 22.3 Å². The first-order valence-corrected chi connectivity index (χ1v) is 12.8. The Morgan fingerprint density at radius 2 is 1.82 bits per heavy atom. The molecule has 1 fully saturated rings. The summed E-state index contributed by atoms with van der Waals surface area (Å²) >= 11 is 0. The smallest absolute Gasteiger partial charge is 0.253 e. The minimum atomic E-state index is -3.34. The van der Waals surface area contributed by atoms with E-state index in [1.54, 1.807) is 56.4 Å². The number of benzene rings is 2.